The Morgan fingerprint density at radius 3 is 0.947 bits per heavy atom. The van der Waals surface area contributed by atoms with Gasteiger partial charge in [0.05, 0.1) is 31.3 Å². The molecule has 76 heavy (non-hydrogen) atoms. The minimum Gasteiger partial charge on any atom is -0.438 e. The lowest BCUT2D eigenvalue weighted by Gasteiger charge is -2.52. The second-order valence-corrected chi connectivity index (χ2v) is 109. The fourth-order valence-corrected chi connectivity index (χ4v) is 305. The summed E-state index contributed by atoms with van der Waals surface area (Å²) < 4.78 is 0. The molecule has 1 aliphatic heterocycles. The van der Waals surface area contributed by atoms with E-state index in [0.29, 0.717) is 38.8 Å². The molecular weight excluding hydrogens is 1100 g/mol. The van der Waals surface area contributed by atoms with E-state index in [4.69, 9.17) is 0 Å². The molecule has 0 aromatic heterocycles. The second-order valence-electron chi connectivity index (χ2n) is 30.2. The zero-order chi connectivity index (χ0) is 52.6. The number of hydrogen-bond acceptors (Lipinski definition) is 6. The van der Waals surface area contributed by atoms with E-state index in [-0.39, 0.29) is 0 Å². The summed E-state index contributed by atoms with van der Waals surface area (Å²) in [5, 5.41) is 0. The monoisotopic (exact) mass is 1220 g/mol. The molecule has 6 nitrogen and oxygen atoms in total. The van der Waals surface area contributed by atoms with Gasteiger partial charge < -0.3 is 28.8 Å². The Kier molecular flexibility index (Phi) is 23.2. The fourth-order valence-electron chi connectivity index (χ4n) is 22.9. The van der Waals surface area contributed by atoms with Gasteiger partial charge in [-0.1, -0.05) is 319 Å². The third-order valence-electron chi connectivity index (χ3n) is 26.2. The SMILES string of the molecule is O[SiH](C1CCCCC1)[SiH](C1CCCCC1)[SiH](C1CCCCC1)[SiH](C1CCCCC1)[Si](O)(O)C1CCCCC1.O[Si]1(C2CCCCC2)[SiH](C2CCCCC2)[Si](O)(C2CCCCC2)[Si](O)(C2CCCCC2)[SiH]1C1CCCCC1. The molecule has 8 atom stereocenters. The Balaban J connectivity index is 0.000000173. The molecule has 0 radical (unpaired) electrons. The molecule has 0 aromatic carbocycles. The highest BCUT2D eigenvalue weighted by molar-refractivity contribution is 8.05. The fraction of sp³-hybridized carbons (Fsp3) is 1.00. The molecular formula is C60H122O6Si10. The maximum Gasteiger partial charge on any atom is 0.307 e. The van der Waals surface area contributed by atoms with Crippen molar-refractivity contribution in [2.24, 2.45) is 0 Å². The smallest absolute Gasteiger partial charge is 0.307 e. The molecule has 8 unspecified atom stereocenters. The molecule has 10 saturated carbocycles. The molecule has 0 amide bonds. The van der Waals surface area contributed by atoms with Gasteiger partial charge in [0.25, 0.3) is 0 Å². The van der Waals surface area contributed by atoms with Crippen LogP contribution in [0.15, 0.2) is 0 Å². The first-order chi connectivity index (χ1) is 37.1. The molecule has 0 bridgehead atoms. The van der Waals surface area contributed by atoms with Crippen LogP contribution < -0.4 is 0 Å². The molecule has 438 valence electrons. The Morgan fingerprint density at radius 1 is 0.303 bits per heavy atom. The van der Waals surface area contributed by atoms with E-state index < -0.39 is 77.9 Å². The summed E-state index contributed by atoms with van der Waals surface area (Å²) in [4.78, 5) is 80.5. The summed E-state index contributed by atoms with van der Waals surface area (Å²) in [7, 11) is -21.6. The molecule has 0 spiro atoms. The lowest BCUT2D eigenvalue weighted by Crippen LogP contribution is -2.76. The van der Waals surface area contributed by atoms with Crippen molar-refractivity contribution >= 4 is 77.9 Å². The summed E-state index contributed by atoms with van der Waals surface area (Å²) in [6.07, 6.45) is 66.4. The van der Waals surface area contributed by atoms with Crippen LogP contribution in [0.4, 0.5) is 0 Å². The van der Waals surface area contributed by atoms with Crippen LogP contribution in [0.3, 0.4) is 0 Å². The van der Waals surface area contributed by atoms with Crippen molar-refractivity contribution in [1.82, 2.24) is 0 Å². The molecule has 11 aliphatic rings. The van der Waals surface area contributed by atoms with Gasteiger partial charge in [0.1, 0.15) is 0 Å². The van der Waals surface area contributed by atoms with Crippen molar-refractivity contribution in [2.45, 2.75) is 376 Å². The highest BCUT2D eigenvalue weighted by Gasteiger charge is 2.85. The quantitative estimate of drug-likeness (QED) is 0.0964. The maximum atomic E-state index is 14.1. The Labute approximate surface area is 479 Å². The highest BCUT2D eigenvalue weighted by Crippen LogP contribution is 2.63. The Bertz CT molecular complexity index is 1640. The Hall–Kier alpha value is 1.93. The predicted octanol–water partition coefficient (Wildman–Crippen LogP) is 14.1. The lowest BCUT2D eigenvalue weighted by molar-refractivity contribution is 0.333. The van der Waals surface area contributed by atoms with Gasteiger partial charge in [0, 0.05) is 7.83 Å². The number of rotatable bonds is 14. The van der Waals surface area contributed by atoms with Gasteiger partial charge in [0.15, 0.2) is 30.6 Å². The molecule has 6 N–H and O–H groups in total. The van der Waals surface area contributed by atoms with E-state index in [9.17, 15) is 28.8 Å². The van der Waals surface area contributed by atoms with E-state index >= 15 is 0 Å². The molecule has 11 rings (SSSR count). The minimum atomic E-state index is -3.24. The lowest BCUT2D eigenvalue weighted by atomic mass is 10.0. The van der Waals surface area contributed by atoms with Crippen molar-refractivity contribution in [3.05, 3.63) is 0 Å². The van der Waals surface area contributed by atoms with E-state index in [1.165, 1.54) is 308 Å². The van der Waals surface area contributed by atoms with Crippen LogP contribution in [-0.2, 0) is 0 Å². The van der Waals surface area contributed by atoms with Gasteiger partial charge >= 0.3 is 8.08 Å². The van der Waals surface area contributed by atoms with Gasteiger partial charge in [-0.05, 0) is 57.2 Å². The first kappa shape index (κ1) is 61.0. The van der Waals surface area contributed by atoms with Crippen LogP contribution in [0.25, 0.3) is 0 Å². The Morgan fingerprint density at radius 2 is 0.579 bits per heavy atom. The molecule has 0 aromatic rings. The zero-order valence-corrected chi connectivity index (χ0v) is 60.2. The summed E-state index contributed by atoms with van der Waals surface area (Å²) in [6, 6.07) is 0. The average Bonchev–Trinajstić information content (AvgIpc) is 3.83. The molecule has 10 aliphatic carbocycles. The molecule has 16 heteroatoms. The summed E-state index contributed by atoms with van der Waals surface area (Å²) in [5.74, 6) is 0. The van der Waals surface area contributed by atoms with Crippen LogP contribution in [0.2, 0.25) is 55.4 Å². The van der Waals surface area contributed by atoms with Crippen molar-refractivity contribution in [3.63, 3.8) is 0 Å². The first-order valence-electron chi connectivity index (χ1n) is 35.4. The average molecular weight is 1220 g/mol. The van der Waals surface area contributed by atoms with E-state index in [1.807, 2.05) is 0 Å². The second kappa shape index (κ2) is 28.9. The van der Waals surface area contributed by atoms with Crippen molar-refractivity contribution < 1.29 is 28.8 Å². The third-order valence-corrected chi connectivity index (χ3v) is 186. The van der Waals surface area contributed by atoms with Gasteiger partial charge in [-0.2, -0.15) is 0 Å². The highest BCUT2D eigenvalue weighted by atomic mass is 30.2. The van der Waals surface area contributed by atoms with Gasteiger partial charge in [-0.3, -0.25) is 0 Å². The van der Waals surface area contributed by atoms with E-state index in [2.05, 4.69) is 0 Å². The van der Waals surface area contributed by atoms with Crippen LogP contribution in [0.5, 0.6) is 0 Å². The van der Waals surface area contributed by atoms with E-state index in [0.717, 1.165) is 29.5 Å². The predicted molar refractivity (Wildman–Crippen MR) is 348 cm³/mol. The van der Waals surface area contributed by atoms with Crippen LogP contribution in [0, 0.1) is 0 Å². The largest absolute Gasteiger partial charge is 0.438 e. The zero-order valence-electron chi connectivity index (χ0n) is 49.3. The summed E-state index contributed by atoms with van der Waals surface area (Å²) >= 11 is 0. The topological polar surface area (TPSA) is 121 Å². The molecule has 1 saturated heterocycles. The van der Waals surface area contributed by atoms with Crippen LogP contribution >= 0.6 is 0 Å². The van der Waals surface area contributed by atoms with Crippen molar-refractivity contribution in [2.75, 3.05) is 0 Å². The van der Waals surface area contributed by atoms with E-state index in [1.54, 1.807) is 0 Å². The maximum absolute atomic E-state index is 14.1. The van der Waals surface area contributed by atoms with Gasteiger partial charge in [0.2, 0.25) is 0 Å². The van der Waals surface area contributed by atoms with Gasteiger partial charge in [-0.15, -0.1) is 0 Å². The van der Waals surface area contributed by atoms with Crippen molar-refractivity contribution in [1.29, 1.82) is 0 Å². The minimum absolute atomic E-state index is 0.294. The summed E-state index contributed by atoms with van der Waals surface area (Å²) in [6.45, 7) is 0. The first-order valence-corrected chi connectivity index (χ1v) is 66.0. The molecule has 11 fully saturated rings. The van der Waals surface area contributed by atoms with Crippen LogP contribution in [0.1, 0.15) is 321 Å². The normalized spacial score (nSPS) is 37.0. The summed E-state index contributed by atoms with van der Waals surface area (Å²) in [5.41, 5.74) is 6.46. The van der Waals surface area contributed by atoms with Crippen molar-refractivity contribution in [3.8, 4) is 0 Å². The van der Waals surface area contributed by atoms with Crippen LogP contribution in [-0.4, -0.2) is 107 Å². The number of hydrogen-bond donors (Lipinski definition) is 6. The third kappa shape index (κ3) is 13.0. The standard InChI is InChI=1S/C30H60O3Si5.C30H62O3Si5/c31-36(28-20-10-3-11-21-28)34(26-16-6-1-7-17-26)37(32,29-22-12-4-13-23-29)38(33,30-24-14-5-15-25-30)35(36)27-18-8-2-9-19-27;31-34(26-16-6-1-7-17-26)35(27-18-8-2-9-19-27)36(28-20-10-3-11-21-28)37(29-22-12-4-13-23-29)38(32,33)30-24-14-5-15-25-30/h26-35H,1-25H2;26-37H,1-25H2. The van der Waals surface area contributed by atoms with Gasteiger partial charge in [-0.25, -0.2) is 0 Å². The molecule has 1 heterocycles.